The van der Waals surface area contributed by atoms with Crippen molar-refractivity contribution in [3.63, 3.8) is 0 Å². The lowest BCUT2D eigenvalue weighted by Crippen LogP contribution is -2.24. The van der Waals surface area contributed by atoms with Gasteiger partial charge in [-0.05, 0) is 42.3 Å². The molecule has 5 heteroatoms. The Morgan fingerprint density at radius 1 is 0.909 bits per heavy atom. The zero-order valence-corrected chi connectivity index (χ0v) is 21.2. The predicted octanol–water partition coefficient (Wildman–Crippen LogP) is 6.36. The third kappa shape index (κ3) is 5.69. The van der Waals surface area contributed by atoms with Crippen LogP contribution in [0.15, 0.2) is 66.7 Å². The molecule has 176 valence electrons. The maximum absolute atomic E-state index is 10.4. The summed E-state index contributed by atoms with van der Waals surface area (Å²) in [5, 5.41) is 11.4. The van der Waals surface area contributed by atoms with Crippen molar-refractivity contribution in [3.8, 4) is 17.2 Å². The maximum Gasteiger partial charge on any atom is 0.166 e. The van der Waals surface area contributed by atoms with Crippen LogP contribution in [-0.2, 0) is 11.8 Å². The minimum atomic E-state index is -0.520. The summed E-state index contributed by atoms with van der Waals surface area (Å²) < 4.78 is 17.9. The van der Waals surface area contributed by atoms with E-state index in [1.807, 2.05) is 49.4 Å². The van der Waals surface area contributed by atoms with Gasteiger partial charge >= 0.3 is 0 Å². The number of methoxy groups -OCH3 is 2. The van der Waals surface area contributed by atoms with Gasteiger partial charge in [-0.25, -0.2) is 0 Å². The Hall–Kier alpha value is -2.55. The highest BCUT2D eigenvalue weighted by molar-refractivity contribution is 7.48. The quantitative estimate of drug-likeness (QED) is 0.334. The molecule has 0 fully saturated rings. The van der Waals surface area contributed by atoms with Crippen molar-refractivity contribution >= 4 is 13.9 Å². The van der Waals surface area contributed by atoms with Gasteiger partial charge in [0.2, 0.25) is 0 Å². The van der Waals surface area contributed by atoms with E-state index < -0.39 is 6.10 Å². The van der Waals surface area contributed by atoms with Gasteiger partial charge in [-0.15, -0.1) is 0 Å². The molecule has 3 aromatic rings. The van der Waals surface area contributed by atoms with Gasteiger partial charge in [0.15, 0.2) is 11.5 Å². The van der Waals surface area contributed by atoms with Crippen molar-refractivity contribution in [2.45, 2.75) is 51.5 Å². The van der Waals surface area contributed by atoms with E-state index in [1.165, 1.54) is 5.30 Å². The number of ether oxygens (including phenoxy) is 3. The van der Waals surface area contributed by atoms with E-state index in [1.54, 1.807) is 14.2 Å². The second-order valence-corrected chi connectivity index (χ2v) is 9.90. The minimum Gasteiger partial charge on any atom is -0.497 e. The first-order valence-corrected chi connectivity index (χ1v) is 12.5. The molecular formula is C28H35O4P. The Labute approximate surface area is 199 Å². The lowest BCUT2D eigenvalue weighted by Gasteiger charge is -2.35. The Morgan fingerprint density at radius 2 is 1.58 bits per heavy atom. The first kappa shape index (κ1) is 25.1. The highest BCUT2D eigenvalue weighted by Crippen LogP contribution is 2.54. The van der Waals surface area contributed by atoms with Crippen LogP contribution in [0, 0.1) is 0 Å². The molecule has 1 N–H and O–H groups in total. The number of hydrogen-bond donors (Lipinski definition) is 1. The highest BCUT2D eigenvalue weighted by atomic mass is 31.1. The van der Waals surface area contributed by atoms with Crippen molar-refractivity contribution in [2.75, 3.05) is 14.2 Å². The summed E-state index contributed by atoms with van der Waals surface area (Å²) in [6.07, 6.45) is 1.30. The van der Waals surface area contributed by atoms with Crippen molar-refractivity contribution < 1.29 is 19.3 Å². The number of aliphatic hydroxyl groups excluding tert-OH is 1. The summed E-state index contributed by atoms with van der Waals surface area (Å²) >= 11 is 0. The monoisotopic (exact) mass is 466 g/mol. The van der Waals surface area contributed by atoms with Crippen LogP contribution in [-0.4, -0.2) is 19.3 Å². The first-order valence-electron chi connectivity index (χ1n) is 11.5. The molecule has 2 unspecified atom stereocenters. The molecule has 0 aliphatic heterocycles. The molecule has 0 radical (unpaired) electrons. The van der Waals surface area contributed by atoms with Gasteiger partial charge in [-0.2, -0.15) is 0 Å². The van der Waals surface area contributed by atoms with Gasteiger partial charge in [-0.3, -0.25) is 0 Å². The molecule has 3 rings (SSSR count). The number of aliphatic hydroxyl groups is 1. The standard InChI is InChI=1S/C28H35O4P/c1-6-28(7-2,33-26-16-12-11-15-23(26)20(3)29)24-17-22(30-4)18-25(31-5)27(24)32-19-21-13-9-8-10-14-21/h8-18,20,29,33H,6-7,19H2,1-5H3. The zero-order chi connectivity index (χ0) is 23.8. The van der Waals surface area contributed by atoms with E-state index in [9.17, 15) is 5.11 Å². The average molecular weight is 467 g/mol. The summed E-state index contributed by atoms with van der Waals surface area (Å²) in [5.74, 6) is 2.17. The van der Waals surface area contributed by atoms with E-state index in [0.717, 1.165) is 41.0 Å². The molecule has 0 saturated heterocycles. The van der Waals surface area contributed by atoms with Crippen LogP contribution in [0.4, 0.5) is 0 Å². The molecule has 33 heavy (non-hydrogen) atoms. The van der Waals surface area contributed by atoms with Crippen LogP contribution in [0.1, 0.15) is 56.4 Å². The SMILES string of the molecule is CCC(CC)(Pc1ccccc1C(C)O)c1cc(OC)cc(OC)c1OCc1ccccc1. The smallest absolute Gasteiger partial charge is 0.166 e. The van der Waals surface area contributed by atoms with Gasteiger partial charge in [0.1, 0.15) is 12.4 Å². The number of rotatable bonds is 11. The predicted molar refractivity (Wildman–Crippen MR) is 138 cm³/mol. The summed E-state index contributed by atoms with van der Waals surface area (Å²) in [4.78, 5) is 0. The lowest BCUT2D eigenvalue weighted by molar-refractivity contribution is 0.200. The zero-order valence-electron chi connectivity index (χ0n) is 20.2. The van der Waals surface area contributed by atoms with Gasteiger partial charge in [0.05, 0.1) is 20.3 Å². The molecule has 0 aliphatic carbocycles. The Bertz CT molecular complexity index is 1030. The number of hydrogen-bond acceptors (Lipinski definition) is 4. The fourth-order valence-electron chi connectivity index (χ4n) is 4.19. The average Bonchev–Trinajstić information content (AvgIpc) is 2.86. The third-order valence-electron chi connectivity index (χ3n) is 6.22. The molecule has 2 atom stereocenters. The highest BCUT2D eigenvalue weighted by Gasteiger charge is 2.35. The van der Waals surface area contributed by atoms with Crippen LogP contribution in [0.2, 0.25) is 0 Å². The maximum atomic E-state index is 10.4. The molecular weight excluding hydrogens is 431 g/mol. The second kappa shape index (κ2) is 11.5. The first-order chi connectivity index (χ1) is 16.0. The van der Waals surface area contributed by atoms with Crippen LogP contribution in [0.25, 0.3) is 0 Å². The third-order valence-corrected chi connectivity index (χ3v) is 8.40. The summed E-state index contributed by atoms with van der Waals surface area (Å²) in [7, 11) is 3.79. The Balaban J connectivity index is 2.13. The van der Waals surface area contributed by atoms with Crippen molar-refractivity contribution in [1.82, 2.24) is 0 Å². The van der Waals surface area contributed by atoms with Gasteiger partial charge < -0.3 is 19.3 Å². The molecule has 0 bridgehead atoms. The van der Waals surface area contributed by atoms with Gasteiger partial charge in [-0.1, -0.05) is 77.0 Å². The number of benzene rings is 3. The Morgan fingerprint density at radius 3 is 2.18 bits per heavy atom. The lowest BCUT2D eigenvalue weighted by atomic mass is 9.91. The molecule has 0 saturated carbocycles. The van der Waals surface area contributed by atoms with E-state index in [2.05, 4.69) is 38.1 Å². The normalized spacial score (nSPS) is 12.7. The fourth-order valence-corrected chi connectivity index (χ4v) is 5.99. The molecule has 0 amide bonds. The van der Waals surface area contributed by atoms with Crippen molar-refractivity contribution in [1.29, 1.82) is 0 Å². The van der Waals surface area contributed by atoms with Crippen LogP contribution in [0.3, 0.4) is 0 Å². The summed E-state index contributed by atoms with van der Waals surface area (Å²) in [6.45, 7) is 6.71. The van der Waals surface area contributed by atoms with E-state index >= 15 is 0 Å². The van der Waals surface area contributed by atoms with Crippen LogP contribution >= 0.6 is 8.58 Å². The van der Waals surface area contributed by atoms with E-state index in [-0.39, 0.29) is 5.16 Å². The molecule has 0 spiro atoms. The fraction of sp³-hybridized carbons (Fsp3) is 0.357. The van der Waals surface area contributed by atoms with Crippen molar-refractivity contribution in [3.05, 3.63) is 83.4 Å². The molecule has 4 nitrogen and oxygen atoms in total. The van der Waals surface area contributed by atoms with Crippen LogP contribution < -0.4 is 19.5 Å². The topological polar surface area (TPSA) is 47.9 Å². The summed E-state index contributed by atoms with van der Waals surface area (Å²) in [6, 6.07) is 22.3. The van der Waals surface area contributed by atoms with E-state index in [4.69, 9.17) is 14.2 Å². The minimum absolute atomic E-state index is 0.196. The largest absolute Gasteiger partial charge is 0.497 e. The van der Waals surface area contributed by atoms with E-state index in [0.29, 0.717) is 20.9 Å². The molecule has 0 aliphatic rings. The van der Waals surface area contributed by atoms with Crippen LogP contribution in [0.5, 0.6) is 17.2 Å². The van der Waals surface area contributed by atoms with Gasteiger partial charge in [0, 0.05) is 16.8 Å². The summed E-state index contributed by atoms with van der Waals surface area (Å²) in [5.41, 5.74) is 3.16. The van der Waals surface area contributed by atoms with Crippen molar-refractivity contribution in [2.24, 2.45) is 0 Å². The Kier molecular flexibility index (Phi) is 8.77. The second-order valence-electron chi connectivity index (χ2n) is 8.16. The van der Waals surface area contributed by atoms with Gasteiger partial charge in [0.25, 0.3) is 0 Å². The molecule has 0 aromatic heterocycles. The molecule has 0 heterocycles. The molecule has 3 aromatic carbocycles.